The molecule has 0 heterocycles. The number of alkyl halides is 3. The van der Waals surface area contributed by atoms with Crippen LogP contribution in [0.5, 0.6) is 0 Å². The summed E-state index contributed by atoms with van der Waals surface area (Å²) in [5.41, 5.74) is 0.0813. The molecule has 0 aliphatic carbocycles. The fourth-order valence-corrected chi connectivity index (χ4v) is 2.75. The van der Waals surface area contributed by atoms with Gasteiger partial charge in [0, 0.05) is 23.2 Å². The Hall–Kier alpha value is -2.48. The summed E-state index contributed by atoms with van der Waals surface area (Å²) in [4.78, 5) is 23.9. The quantitative estimate of drug-likeness (QED) is 0.790. The van der Waals surface area contributed by atoms with E-state index in [0.717, 1.165) is 23.9 Å². The molecule has 2 amide bonds. The molecule has 4 nitrogen and oxygen atoms in total. The second kappa shape index (κ2) is 8.06. The van der Waals surface area contributed by atoms with Crippen molar-refractivity contribution in [3.05, 3.63) is 59.7 Å². The van der Waals surface area contributed by atoms with Crippen molar-refractivity contribution in [2.24, 2.45) is 0 Å². The molecule has 0 atom stereocenters. The molecule has 0 aliphatic heterocycles. The molecule has 0 radical (unpaired) electrons. The number of hydrogen-bond donors (Lipinski definition) is 2. The highest BCUT2D eigenvalue weighted by molar-refractivity contribution is 8.00. The van der Waals surface area contributed by atoms with Gasteiger partial charge in [-0.25, -0.2) is 0 Å². The van der Waals surface area contributed by atoms with E-state index >= 15 is 0 Å². The Morgan fingerprint density at radius 3 is 2.48 bits per heavy atom. The van der Waals surface area contributed by atoms with Gasteiger partial charge in [0.25, 0.3) is 5.91 Å². The van der Waals surface area contributed by atoms with Crippen molar-refractivity contribution < 1.29 is 22.8 Å². The number of thioether (sulfide) groups is 1. The van der Waals surface area contributed by atoms with Crippen LogP contribution in [0, 0.1) is 0 Å². The SMILES string of the molecule is CNC(=O)c1cccc(NC(=O)CSc2cccc(C(F)(F)F)c2)c1. The standard InChI is InChI=1S/C17H15F3N2O2S/c1-21-16(24)11-4-2-6-13(8-11)22-15(23)10-25-14-7-3-5-12(9-14)17(18,19)20/h2-9H,10H2,1H3,(H,21,24)(H,22,23). The molecule has 0 saturated heterocycles. The Morgan fingerprint density at radius 1 is 1.08 bits per heavy atom. The van der Waals surface area contributed by atoms with Crippen LogP contribution in [0.3, 0.4) is 0 Å². The van der Waals surface area contributed by atoms with E-state index in [1.165, 1.54) is 25.2 Å². The van der Waals surface area contributed by atoms with Gasteiger partial charge in [-0.3, -0.25) is 9.59 Å². The van der Waals surface area contributed by atoms with Crippen LogP contribution in [-0.4, -0.2) is 24.6 Å². The Kier molecular flexibility index (Phi) is 6.08. The number of nitrogens with one attached hydrogen (secondary N) is 2. The molecule has 0 bridgehead atoms. The Bertz CT molecular complexity index is 778. The lowest BCUT2D eigenvalue weighted by molar-refractivity contribution is -0.137. The molecule has 0 unspecified atom stereocenters. The maximum absolute atomic E-state index is 12.7. The molecule has 2 rings (SSSR count). The summed E-state index contributed by atoms with van der Waals surface area (Å²) in [5.74, 6) is -0.711. The second-order valence-electron chi connectivity index (χ2n) is 5.02. The first kappa shape index (κ1) is 18.9. The lowest BCUT2D eigenvalue weighted by Gasteiger charge is -2.09. The average molecular weight is 368 g/mol. The van der Waals surface area contributed by atoms with Crippen LogP contribution in [0.25, 0.3) is 0 Å². The highest BCUT2D eigenvalue weighted by Gasteiger charge is 2.30. The second-order valence-corrected chi connectivity index (χ2v) is 6.07. The number of halogens is 3. The molecule has 8 heteroatoms. The molecule has 0 aliphatic rings. The van der Waals surface area contributed by atoms with Crippen molar-refractivity contribution in [3.8, 4) is 0 Å². The third-order valence-corrected chi connectivity index (χ3v) is 4.16. The minimum absolute atomic E-state index is 0.0501. The van der Waals surface area contributed by atoms with E-state index in [2.05, 4.69) is 10.6 Å². The van der Waals surface area contributed by atoms with Crippen LogP contribution in [0.2, 0.25) is 0 Å². The summed E-state index contributed by atoms with van der Waals surface area (Å²) < 4.78 is 38.0. The number of carbonyl (C=O) groups is 2. The molecule has 2 aromatic carbocycles. The van der Waals surface area contributed by atoms with Crippen molar-refractivity contribution in [2.45, 2.75) is 11.1 Å². The number of rotatable bonds is 5. The number of benzene rings is 2. The van der Waals surface area contributed by atoms with Gasteiger partial charge >= 0.3 is 6.18 Å². The Balaban J connectivity index is 1.96. The van der Waals surface area contributed by atoms with E-state index in [1.54, 1.807) is 18.2 Å². The van der Waals surface area contributed by atoms with Crippen LogP contribution < -0.4 is 10.6 Å². The summed E-state index contributed by atoms with van der Waals surface area (Å²) in [6.45, 7) is 0. The molecular weight excluding hydrogens is 353 g/mol. The third kappa shape index (κ3) is 5.53. The van der Waals surface area contributed by atoms with E-state index in [0.29, 0.717) is 16.1 Å². The van der Waals surface area contributed by atoms with Crippen molar-refractivity contribution in [1.29, 1.82) is 0 Å². The highest BCUT2D eigenvalue weighted by atomic mass is 32.2. The summed E-state index contributed by atoms with van der Waals surface area (Å²) in [6, 6.07) is 11.2. The highest BCUT2D eigenvalue weighted by Crippen LogP contribution is 2.31. The number of amides is 2. The van der Waals surface area contributed by atoms with Crippen molar-refractivity contribution in [1.82, 2.24) is 5.32 Å². The van der Waals surface area contributed by atoms with Gasteiger partial charge in [-0.15, -0.1) is 11.8 Å². The number of hydrogen-bond acceptors (Lipinski definition) is 3. The summed E-state index contributed by atoms with van der Waals surface area (Å²) in [7, 11) is 1.50. The summed E-state index contributed by atoms with van der Waals surface area (Å²) in [6.07, 6.45) is -4.42. The van der Waals surface area contributed by atoms with E-state index in [4.69, 9.17) is 0 Å². The molecular formula is C17H15F3N2O2S. The molecule has 0 fully saturated rings. The van der Waals surface area contributed by atoms with Crippen LogP contribution in [0.1, 0.15) is 15.9 Å². The minimum Gasteiger partial charge on any atom is -0.355 e. The summed E-state index contributed by atoms with van der Waals surface area (Å²) in [5, 5.41) is 5.09. The van der Waals surface area contributed by atoms with E-state index in [1.807, 2.05) is 0 Å². The fraction of sp³-hybridized carbons (Fsp3) is 0.176. The predicted octanol–water partition coefficient (Wildman–Crippen LogP) is 3.80. The van der Waals surface area contributed by atoms with Crippen LogP contribution in [0.15, 0.2) is 53.4 Å². The maximum atomic E-state index is 12.7. The van der Waals surface area contributed by atoms with E-state index in [9.17, 15) is 22.8 Å². The van der Waals surface area contributed by atoms with Crippen LogP contribution >= 0.6 is 11.8 Å². The lowest BCUT2D eigenvalue weighted by atomic mass is 10.2. The van der Waals surface area contributed by atoms with E-state index in [-0.39, 0.29) is 17.6 Å². The van der Waals surface area contributed by atoms with Gasteiger partial charge in [-0.2, -0.15) is 13.2 Å². The molecule has 0 spiro atoms. The molecule has 0 aromatic heterocycles. The predicted molar refractivity (Wildman–Crippen MR) is 90.6 cm³/mol. The van der Waals surface area contributed by atoms with Crippen molar-refractivity contribution in [2.75, 3.05) is 18.1 Å². The van der Waals surface area contributed by atoms with E-state index < -0.39 is 11.7 Å². The number of carbonyl (C=O) groups excluding carboxylic acids is 2. The third-order valence-electron chi connectivity index (χ3n) is 3.17. The van der Waals surface area contributed by atoms with Gasteiger partial charge in [0.05, 0.1) is 11.3 Å². The van der Waals surface area contributed by atoms with Gasteiger partial charge < -0.3 is 10.6 Å². The van der Waals surface area contributed by atoms with Gasteiger partial charge in [0.1, 0.15) is 0 Å². The normalized spacial score (nSPS) is 11.0. The van der Waals surface area contributed by atoms with Crippen LogP contribution in [0.4, 0.5) is 18.9 Å². The minimum atomic E-state index is -4.42. The molecule has 25 heavy (non-hydrogen) atoms. The Morgan fingerprint density at radius 2 is 1.80 bits per heavy atom. The first-order valence-corrected chi connectivity index (χ1v) is 8.20. The first-order chi connectivity index (χ1) is 11.8. The zero-order valence-electron chi connectivity index (χ0n) is 13.2. The molecule has 2 aromatic rings. The molecule has 0 saturated carbocycles. The average Bonchev–Trinajstić information content (AvgIpc) is 2.59. The van der Waals surface area contributed by atoms with Gasteiger partial charge in [0.15, 0.2) is 0 Å². The van der Waals surface area contributed by atoms with Gasteiger partial charge in [-0.1, -0.05) is 12.1 Å². The molecule has 2 N–H and O–H groups in total. The summed E-state index contributed by atoms with van der Waals surface area (Å²) >= 11 is 1.00. The largest absolute Gasteiger partial charge is 0.416 e. The maximum Gasteiger partial charge on any atom is 0.416 e. The first-order valence-electron chi connectivity index (χ1n) is 7.21. The number of anilines is 1. The van der Waals surface area contributed by atoms with Gasteiger partial charge in [0.2, 0.25) is 5.91 Å². The molecule has 132 valence electrons. The smallest absolute Gasteiger partial charge is 0.355 e. The topological polar surface area (TPSA) is 58.2 Å². The van der Waals surface area contributed by atoms with Crippen molar-refractivity contribution >= 4 is 29.3 Å². The lowest BCUT2D eigenvalue weighted by Crippen LogP contribution is -2.19. The zero-order valence-corrected chi connectivity index (χ0v) is 14.0. The monoisotopic (exact) mass is 368 g/mol. The fourth-order valence-electron chi connectivity index (χ4n) is 1.99. The zero-order chi connectivity index (χ0) is 18.4. The van der Waals surface area contributed by atoms with Crippen molar-refractivity contribution in [3.63, 3.8) is 0 Å². The van der Waals surface area contributed by atoms with Crippen LogP contribution in [-0.2, 0) is 11.0 Å². The van der Waals surface area contributed by atoms with Gasteiger partial charge in [-0.05, 0) is 36.4 Å². The Labute approximate surface area is 146 Å².